The van der Waals surface area contributed by atoms with E-state index < -0.39 is 7.12 Å². The summed E-state index contributed by atoms with van der Waals surface area (Å²) in [6.07, 6.45) is 0. The van der Waals surface area contributed by atoms with Gasteiger partial charge >= 0.3 is 7.12 Å². The largest absolute Gasteiger partial charge is 0.633 e. The Morgan fingerprint density at radius 3 is 1.67 bits per heavy atom. The lowest BCUT2D eigenvalue weighted by Crippen LogP contribution is -2.45. The van der Waals surface area contributed by atoms with Gasteiger partial charge in [0.15, 0.2) is 0 Å². The van der Waals surface area contributed by atoms with Crippen molar-refractivity contribution < 1.29 is 9.31 Å². The highest BCUT2D eigenvalue weighted by molar-refractivity contribution is 6.65. The second-order valence-electron chi connectivity index (χ2n) is 11.1. The zero-order valence-electron chi connectivity index (χ0n) is 24.8. The number of benzene rings is 7. The highest BCUT2D eigenvalue weighted by Crippen LogP contribution is 2.47. The zero-order chi connectivity index (χ0) is 30.2. The molecule has 45 heavy (non-hydrogen) atoms. The second kappa shape index (κ2) is 11.4. The smallest absolute Gasteiger partial charge is 0.521 e. The molecule has 0 aliphatic carbocycles. The number of hydrogen-bond acceptors (Lipinski definition) is 4. The highest BCUT2D eigenvalue weighted by atomic mass is 16.6. The Labute approximate surface area is 262 Å². The summed E-state index contributed by atoms with van der Waals surface area (Å²) in [6.45, 7) is 0. The van der Waals surface area contributed by atoms with E-state index in [1.54, 1.807) is 0 Å². The van der Waals surface area contributed by atoms with Crippen molar-refractivity contribution in [3.05, 3.63) is 169 Å². The molecule has 0 fully saturated rings. The first-order chi connectivity index (χ1) is 22.2. The molecule has 0 amide bonds. The Balaban J connectivity index is 1.33. The molecule has 1 aliphatic heterocycles. The lowest BCUT2D eigenvalue weighted by Gasteiger charge is -2.21. The average Bonchev–Trinajstić information content (AvgIpc) is 3.29. The van der Waals surface area contributed by atoms with Crippen molar-refractivity contribution in [2.75, 3.05) is 12.1 Å². The fourth-order valence-electron chi connectivity index (χ4n) is 6.23. The van der Waals surface area contributed by atoms with Crippen LogP contribution < -0.4 is 19.8 Å². The van der Waals surface area contributed by atoms with Gasteiger partial charge in [0.25, 0.3) is 0 Å². The van der Waals surface area contributed by atoms with Crippen molar-refractivity contribution in [1.29, 1.82) is 0 Å². The third kappa shape index (κ3) is 4.89. The molecule has 0 saturated carbocycles. The van der Waals surface area contributed by atoms with Crippen LogP contribution >= 0.6 is 0 Å². The maximum absolute atomic E-state index is 6.91. The van der Waals surface area contributed by atoms with Gasteiger partial charge in [-0.1, -0.05) is 133 Å². The molecule has 0 saturated heterocycles. The molecule has 0 atom stereocenters. The third-order valence-electron chi connectivity index (χ3n) is 8.40. The molecule has 214 valence electrons. The van der Waals surface area contributed by atoms with E-state index >= 15 is 0 Å². The van der Waals surface area contributed by atoms with Crippen molar-refractivity contribution in [3.8, 4) is 22.6 Å². The number of nitrogens with zero attached hydrogens (tertiary/aromatic N) is 2. The minimum Gasteiger partial charge on any atom is -0.521 e. The number of anilines is 1. The highest BCUT2D eigenvalue weighted by Gasteiger charge is 2.36. The Morgan fingerprint density at radius 2 is 1.04 bits per heavy atom. The van der Waals surface area contributed by atoms with E-state index in [1.807, 2.05) is 60.6 Å². The van der Waals surface area contributed by atoms with Gasteiger partial charge in [0.2, 0.25) is 0 Å². The molecule has 5 heteroatoms. The SMILES string of the molecule is CN(N=C(c1ccccc1)c1ccccc1B1Oc2ccc3ccccc3c2-c2c(ccc3ccccc23)O1)c1ccccc1. The Hall–Kier alpha value is -5.81. The van der Waals surface area contributed by atoms with Gasteiger partial charge < -0.3 is 9.31 Å². The molecule has 0 unspecified atom stereocenters. The van der Waals surface area contributed by atoms with Crippen molar-refractivity contribution in [2.45, 2.75) is 0 Å². The van der Waals surface area contributed by atoms with Crippen molar-refractivity contribution in [3.63, 3.8) is 0 Å². The summed E-state index contributed by atoms with van der Waals surface area (Å²) >= 11 is 0. The zero-order valence-corrected chi connectivity index (χ0v) is 24.8. The van der Waals surface area contributed by atoms with E-state index in [0.717, 1.165) is 72.2 Å². The van der Waals surface area contributed by atoms with Gasteiger partial charge in [-0.2, -0.15) is 5.10 Å². The Bertz CT molecular complexity index is 2110. The fraction of sp³-hybridized carbons (Fsp3) is 0.0250. The number of para-hydroxylation sites is 1. The van der Waals surface area contributed by atoms with Crippen LogP contribution in [0.4, 0.5) is 5.69 Å². The summed E-state index contributed by atoms with van der Waals surface area (Å²) in [4.78, 5) is 0. The van der Waals surface area contributed by atoms with Crippen molar-refractivity contribution in [1.82, 2.24) is 0 Å². The maximum Gasteiger partial charge on any atom is 0.633 e. The standard InChI is InChI=1S/C40H29BN2O2/c1-43(31-18-6-3-7-19-31)42-40(30-16-4-2-5-17-30)34-22-12-13-23-35(34)41-44-36-26-24-28-14-8-10-20-32(28)38(36)39-33-21-11-9-15-29(33)25-27-37(39)45-41/h2-27H,1H3. The summed E-state index contributed by atoms with van der Waals surface area (Å²) in [5, 5.41) is 11.6. The van der Waals surface area contributed by atoms with E-state index in [2.05, 4.69) is 109 Å². The summed E-state index contributed by atoms with van der Waals surface area (Å²) in [7, 11) is 1.25. The molecule has 1 heterocycles. The molecule has 0 spiro atoms. The second-order valence-corrected chi connectivity index (χ2v) is 11.1. The summed E-state index contributed by atoms with van der Waals surface area (Å²) in [5.41, 5.74) is 6.73. The molecule has 7 aromatic rings. The molecule has 0 aromatic heterocycles. The lowest BCUT2D eigenvalue weighted by molar-refractivity contribution is 0.448. The molecule has 8 rings (SSSR count). The predicted molar refractivity (Wildman–Crippen MR) is 187 cm³/mol. The quantitative estimate of drug-likeness (QED) is 0.116. The van der Waals surface area contributed by atoms with Gasteiger partial charge in [0.05, 0.1) is 11.4 Å². The molecular formula is C40H29BN2O2. The van der Waals surface area contributed by atoms with Gasteiger partial charge in [0.1, 0.15) is 11.5 Å². The van der Waals surface area contributed by atoms with Crippen LogP contribution in [0.2, 0.25) is 0 Å². The van der Waals surface area contributed by atoms with E-state index in [4.69, 9.17) is 14.4 Å². The van der Waals surface area contributed by atoms with E-state index in [9.17, 15) is 0 Å². The molecular weight excluding hydrogens is 551 g/mol. The number of hydrazone groups is 1. The van der Waals surface area contributed by atoms with Crippen LogP contribution in [-0.4, -0.2) is 19.9 Å². The number of rotatable bonds is 5. The van der Waals surface area contributed by atoms with Crippen LogP contribution in [-0.2, 0) is 0 Å². The van der Waals surface area contributed by atoms with Crippen LogP contribution in [0.25, 0.3) is 32.7 Å². The van der Waals surface area contributed by atoms with Crippen LogP contribution in [0.5, 0.6) is 11.5 Å². The maximum atomic E-state index is 6.91. The van der Waals surface area contributed by atoms with Crippen LogP contribution in [0.1, 0.15) is 11.1 Å². The Kier molecular flexibility index (Phi) is 6.77. The summed E-state index contributed by atoms with van der Waals surface area (Å²) in [5.74, 6) is 1.56. The average molecular weight is 580 g/mol. The first-order valence-electron chi connectivity index (χ1n) is 15.1. The topological polar surface area (TPSA) is 34.1 Å². The molecule has 4 nitrogen and oxygen atoms in total. The monoisotopic (exact) mass is 580 g/mol. The molecule has 0 radical (unpaired) electrons. The Morgan fingerprint density at radius 1 is 0.533 bits per heavy atom. The summed E-state index contributed by atoms with van der Waals surface area (Å²) < 4.78 is 13.8. The fourth-order valence-corrected chi connectivity index (χ4v) is 6.23. The van der Waals surface area contributed by atoms with Crippen LogP contribution in [0.15, 0.2) is 163 Å². The first kappa shape index (κ1) is 26.8. The van der Waals surface area contributed by atoms with Crippen LogP contribution in [0, 0.1) is 0 Å². The van der Waals surface area contributed by atoms with Crippen LogP contribution in [0.3, 0.4) is 0 Å². The van der Waals surface area contributed by atoms with Gasteiger partial charge in [0, 0.05) is 34.8 Å². The van der Waals surface area contributed by atoms with E-state index in [-0.39, 0.29) is 0 Å². The van der Waals surface area contributed by atoms with Crippen molar-refractivity contribution >= 4 is 45.5 Å². The van der Waals surface area contributed by atoms with Gasteiger partial charge in [-0.3, -0.25) is 5.01 Å². The number of fused-ring (bicyclic) bond motifs is 7. The van der Waals surface area contributed by atoms with E-state index in [0.29, 0.717) is 0 Å². The van der Waals surface area contributed by atoms with E-state index in [1.165, 1.54) is 0 Å². The molecule has 1 aliphatic rings. The molecule has 0 bridgehead atoms. The van der Waals surface area contributed by atoms with Gasteiger partial charge in [-0.05, 0) is 45.8 Å². The molecule has 0 N–H and O–H groups in total. The third-order valence-corrected chi connectivity index (χ3v) is 8.40. The van der Waals surface area contributed by atoms with Crippen molar-refractivity contribution in [2.24, 2.45) is 5.10 Å². The van der Waals surface area contributed by atoms with Gasteiger partial charge in [-0.25, -0.2) is 0 Å². The molecule has 7 aromatic carbocycles. The first-order valence-corrected chi connectivity index (χ1v) is 15.1. The lowest BCUT2D eigenvalue weighted by atomic mass is 9.74. The normalized spacial score (nSPS) is 12.6. The minimum atomic E-state index is -0.723. The van der Waals surface area contributed by atoms with Gasteiger partial charge in [-0.15, -0.1) is 0 Å². The number of hydrogen-bond donors (Lipinski definition) is 0. The predicted octanol–water partition coefficient (Wildman–Crippen LogP) is 8.72. The minimum absolute atomic E-state index is 0.723. The summed E-state index contributed by atoms with van der Waals surface area (Å²) in [6, 6.07) is 54.0.